The fourth-order valence-electron chi connectivity index (χ4n) is 0.958. The van der Waals surface area contributed by atoms with Crippen molar-refractivity contribution in [3.63, 3.8) is 0 Å². The van der Waals surface area contributed by atoms with Crippen LogP contribution < -0.4 is 0 Å². The standard InChI is InChI=1S/C12H14O2S/c13-9-12(14)10-15-8-4-7-11-5-2-1-3-6-11/h1-3,5-6,12-14H,8-10H2. The van der Waals surface area contributed by atoms with Gasteiger partial charge in [0.05, 0.1) is 18.5 Å². The molecule has 0 heterocycles. The molecule has 1 atom stereocenters. The SMILES string of the molecule is OCC(O)CSCC#Cc1ccccc1. The molecule has 0 spiro atoms. The van der Waals surface area contributed by atoms with Crippen molar-refractivity contribution in [1.82, 2.24) is 0 Å². The predicted octanol–water partition coefficient (Wildman–Crippen LogP) is 1.12. The monoisotopic (exact) mass is 222 g/mol. The van der Waals surface area contributed by atoms with E-state index in [2.05, 4.69) is 11.8 Å². The maximum atomic E-state index is 9.06. The van der Waals surface area contributed by atoms with Crippen LogP contribution in [0.3, 0.4) is 0 Å². The number of aliphatic hydroxyl groups is 2. The number of thioether (sulfide) groups is 1. The van der Waals surface area contributed by atoms with E-state index in [9.17, 15) is 0 Å². The van der Waals surface area contributed by atoms with Gasteiger partial charge in [0.25, 0.3) is 0 Å². The van der Waals surface area contributed by atoms with Gasteiger partial charge in [0.15, 0.2) is 0 Å². The van der Waals surface area contributed by atoms with Gasteiger partial charge in [-0.1, -0.05) is 30.0 Å². The molecular weight excluding hydrogens is 208 g/mol. The first-order chi connectivity index (χ1) is 7.33. The van der Waals surface area contributed by atoms with Gasteiger partial charge in [-0.3, -0.25) is 0 Å². The van der Waals surface area contributed by atoms with Crippen LogP contribution in [0.2, 0.25) is 0 Å². The van der Waals surface area contributed by atoms with Crippen LogP contribution in [0.25, 0.3) is 0 Å². The van der Waals surface area contributed by atoms with Gasteiger partial charge in [-0.25, -0.2) is 0 Å². The molecule has 80 valence electrons. The van der Waals surface area contributed by atoms with Crippen LogP contribution in [0.1, 0.15) is 5.56 Å². The third-order valence-electron chi connectivity index (χ3n) is 1.70. The van der Waals surface area contributed by atoms with E-state index in [1.165, 1.54) is 11.8 Å². The summed E-state index contributed by atoms with van der Waals surface area (Å²) in [5.41, 5.74) is 1.00. The van der Waals surface area contributed by atoms with Crippen LogP contribution in [0.15, 0.2) is 30.3 Å². The summed E-state index contributed by atoms with van der Waals surface area (Å²) in [6, 6.07) is 9.78. The Hall–Kier alpha value is -0.950. The first-order valence-electron chi connectivity index (χ1n) is 4.73. The molecule has 0 aromatic heterocycles. The van der Waals surface area contributed by atoms with E-state index < -0.39 is 6.10 Å². The summed E-state index contributed by atoms with van der Waals surface area (Å²) in [6.45, 7) is -0.181. The molecule has 0 bridgehead atoms. The van der Waals surface area contributed by atoms with Gasteiger partial charge >= 0.3 is 0 Å². The molecule has 0 aliphatic heterocycles. The number of aliphatic hydroxyl groups excluding tert-OH is 2. The average molecular weight is 222 g/mol. The topological polar surface area (TPSA) is 40.5 Å². The zero-order chi connectivity index (χ0) is 10.9. The lowest BCUT2D eigenvalue weighted by atomic mass is 10.2. The van der Waals surface area contributed by atoms with Crippen LogP contribution in [0, 0.1) is 11.8 Å². The molecule has 0 aliphatic carbocycles. The van der Waals surface area contributed by atoms with Crippen LogP contribution in [0.4, 0.5) is 0 Å². The highest BCUT2D eigenvalue weighted by atomic mass is 32.2. The molecule has 0 aliphatic rings. The van der Waals surface area contributed by atoms with E-state index in [1.54, 1.807) is 0 Å². The minimum atomic E-state index is -0.631. The number of rotatable bonds is 4. The van der Waals surface area contributed by atoms with Crippen molar-refractivity contribution in [3.8, 4) is 11.8 Å². The summed E-state index contributed by atoms with van der Waals surface area (Å²) >= 11 is 1.52. The third-order valence-corrected chi connectivity index (χ3v) is 2.67. The highest BCUT2D eigenvalue weighted by Crippen LogP contribution is 2.01. The maximum absolute atomic E-state index is 9.06. The summed E-state index contributed by atoms with van der Waals surface area (Å²) in [5.74, 6) is 7.22. The van der Waals surface area contributed by atoms with Crippen molar-refractivity contribution in [2.24, 2.45) is 0 Å². The minimum absolute atomic E-state index is 0.181. The third kappa shape index (κ3) is 5.48. The Bertz CT molecular complexity index is 326. The lowest BCUT2D eigenvalue weighted by molar-refractivity contribution is 0.113. The van der Waals surface area contributed by atoms with Crippen molar-refractivity contribution in [2.45, 2.75) is 6.10 Å². The van der Waals surface area contributed by atoms with Gasteiger partial charge in [-0.2, -0.15) is 0 Å². The van der Waals surface area contributed by atoms with Crippen molar-refractivity contribution in [3.05, 3.63) is 35.9 Å². The molecule has 0 radical (unpaired) electrons. The first-order valence-corrected chi connectivity index (χ1v) is 5.89. The molecule has 2 nitrogen and oxygen atoms in total. The van der Waals surface area contributed by atoms with Gasteiger partial charge in [-0.15, -0.1) is 11.8 Å². The van der Waals surface area contributed by atoms with E-state index in [1.807, 2.05) is 30.3 Å². The molecule has 0 saturated carbocycles. The Morgan fingerprint density at radius 2 is 2.00 bits per heavy atom. The van der Waals surface area contributed by atoms with Crippen LogP contribution in [-0.2, 0) is 0 Å². The van der Waals surface area contributed by atoms with Crippen LogP contribution in [-0.4, -0.2) is 34.4 Å². The van der Waals surface area contributed by atoms with Crippen molar-refractivity contribution in [1.29, 1.82) is 0 Å². The Labute approximate surface area is 94.3 Å². The second kappa shape index (κ2) is 7.36. The fourth-order valence-corrected chi connectivity index (χ4v) is 1.63. The smallest absolute Gasteiger partial charge is 0.0861 e. The molecule has 0 amide bonds. The fraction of sp³-hybridized carbons (Fsp3) is 0.333. The molecule has 0 fully saturated rings. The van der Waals surface area contributed by atoms with Crippen molar-refractivity contribution >= 4 is 11.8 Å². The zero-order valence-corrected chi connectivity index (χ0v) is 9.20. The highest BCUT2D eigenvalue weighted by molar-refractivity contribution is 7.99. The summed E-state index contributed by atoms with van der Waals surface area (Å²) < 4.78 is 0. The quantitative estimate of drug-likeness (QED) is 0.592. The molecule has 0 saturated heterocycles. The summed E-state index contributed by atoms with van der Waals surface area (Å²) in [6.07, 6.45) is -0.631. The van der Waals surface area contributed by atoms with Gasteiger partial charge in [0.2, 0.25) is 0 Å². The average Bonchev–Trinajstić information content (AvgIpc) is 2.29. The second-order valence-electron chi connectivity index (χ2n) is 3.02. The van der Waals surface area contributed by atoms with E-state index in [0.29, 0.717) is 11.5 Å². The lowest BCUT2D eigenvalue weighted by Crippen LogP contribution is -2.14. The van der Waals surface area contributed by atoms with Gasteiger partial charge in [0.1, 0.15) is 0 Å². The zero-order valence-electron chi connectivity index (χ0n) is 8.39. The molecule has 1 rings (SSSR count). The van der Waals surface area contributed by atoms with Gasteiger partial charge in [0, 0.05) is 11.3 Å². The summed E-state index contributed by atoms with van der Waals surface area (Å²) in [7, 11) is 0. The Kier molecular flexibility index (Phi) is 5.94. The molecule has 1 unspecified atom stereocenters. The number of benzene rings is 1. The normalized spacial score (nSPS) is 11.6. The largest absolute Gasteiger partial charge is 0.394 e. The van der Waals surface area contributed by atoms with Gasteiger partial charge < -0.3 is 10.2 Å². The highest BCUT2D eigenvalue weighted by Gasteiger charge is 1.99. The molecular formula is C12H14O2S. The molecule has 15 heavy (non-hydrogen) atoms. The van der Waals surface area contributed by atoms with E-state index in [-0.39, 0.29) is 6.61 Å². The number of hydrogen-bond acceptors (Lipinski definition) is 3. The molecule has 2 N–H and O–H groups in total. The van der Waals surface area contributed by atoms with E-state index >= 15 is 0 Å². The second-order valence-corrected chi connectivity index (χ2v) is 4.05. The van der Waals surface area contributed by atoms with E-state index in [4.69, 9.17) is 10.2 Å². The first kappa shape index (κ1) is 12.1. The maximum Gasteiger partial charge on any atom is 0.0861 e. The van der Waals surface area contributed by atoms with Crippen molar-refractivity contribution < 1.29 is 10.2 Å². The molecule has 1 aromatic rings. The van der Waals surface area contributed by atoms with Gasteiger partial charge in [-0.05, 0) is 12.1 Å². The lowest BCUT2D eigenvalue weighted by Gasteiger charge is -2.02. The summed E-state index contributed by atoms with van der Waals surface area (Å²) in [4.78, 5) is 0. The Morgan fingerprint density at radius 1 is 1.27 bits per heavy atom. The Balaban J connectivity index is 2.23. The number of hydrogen-bond donors (Lipinski definition) is 2. The minimum Gasteiger partial charge on any atom is -0.394 e. The van der Waals surface area contributed by atoms with Crippen LogP contribution >= 0.6 is 11.8 Å². The molecule has 1 aromatic carbocycles. The Morgan fingerprint density at radius 3 is 2.67 bits per heavy atom. The van der Waals surface area contributed by atoms with E-state index in [0.717, 1.165) is 5.56 Å². The van der Waals surface area contributed by atoms with Crippen LogP contribution in [0.5, 0.6) is 0 Å². The predicted molar refractivity (Wildman–Crippen MR) is 63.7 cm³/mol. The van der Waals surface area contributed by atoms with Crippen molar-refractivity contribution in [2.75, 3.05) is 18.1 Å². The summed E-state index contributed by atoms with van der Waals surface area (Å²) in [5, 5.41) is 17.6. The molecule has 3 heteroatoms.